The van der Waals surface area contributed by atoms with Crippen LogP contribution in [0.25, 0.3) is 5.69 Å². The van der Waals surface area contributed by atoms with Gasteiger partial charge in [0, 0.05) is 10.4 Å². The van der Waals surface area contributed by atoms with Gasteiger partial charge in [0.2, 0.25) is 0 Å². The Morgan fingerprint density at radius 1 is 1.29 bits per heavy atom. The van der Waals surface area contributed by atoms with Crippen molar-refractivity contribution in [2.45, 2.75) is 19.2 Å². The van der Waals surface area contributed by atoms with E-state index < -0.39 is 0 Å². The molecule has 0 amide bonds. The van der Waals surface area contributed by atoms with E-state index in [9.17, 15) is 0 Å². The highest BCUT2D eigenvalue weighted by atomic mass is 79.9. The van der Waals surface area contributed by atoms with Crippen molar-refractivity contribution in [3.05, 3.63) is 45.2 Å². The number of aromatic nitrogens is 2. The van der Waals surface area contributed by atoms with Gasteiger partial charge in [-0.1, -0.05) is 45.2 Å². The topological polar surface area (TPSA) is 17.8 Å². The summed E-state index contributed by atoms with van der Waals surface area (Å²) in [6, 6.07) is 5.86. The molecule has 0 radical (unpaired) electrons. The van der Waals surface area contributed by atoms with Gasteiger partial charge >= 0.3 is 0 Å². The lowest BCUT2D eigenvalue weighted by Crippen LogP contribution is -1.99. The number of alkyl halides is 1. The van der Waals surface area contributed by atoms with Crippen LogP contribution < -0.4 is 0 Å². The fourth-order valence-electron chi connectivity index (χ4n) is 1.65. The minimum absolute atomic E-state index is 0.700. The third-order valence-corrected chi connectivity index (χ3v) is 4.13. The van der Waals surface area contributed by atoms with E-state index in [1.54, 1.807) is 0 Å². The van der Waals surface area contributed by atoms with Crippen molar-refractivity contribution in [3.8, 4) is 5.69 Å². The summed E-state index contributed by atoms with van der Waals surface area (Å²) in [4.78, 5) is 0. The maximum absolute atomic E-state index is 6.17. The molecular formula is C12H11BrCl2N2. The van der Waals surface area contributed by atoms with Gasteiger partial charge in [-0.2, -0.15) is 5.10 Å². The number of rotatable bonds is 2. The molecule has 0 atom stereocenters. The van der Waals surface area contributed by atoms with Gasteiger partial charge in [-0.05, 0) is 31.5 Å². The summed E-state index contributed by atoms with van der Waals surface area (Å²) >= 11 is 15.7. The Balaban J connectivity index is 2.53. The molecule has 0 saturated carbocycles. The van der Waals surface area contributed by atoms with Crippen molar-refractivity contribution in [1.82, 2.24) is 9.78 Å². The average molecular weight is 334 g/mol. The van der Waals surface area contributed by atoms with E-state index in [1.165, 1.54) is 0 Å². The van der Waals surface area contributed by atoms with E-state index in [2.05, 4.69) is 21.0 Å². The SMILES string of the molecule is Cc1nn(-c2ccc(CBr)c(Cl)c2)c(C)c1Cl. The van der Waals surface area contributed by atoms with Crippen LogP contribution in [-0.4, -0.2) is 9.78 Å². The molecule has 0 unspecified atom stereocenters. The molecular weight excluding hydrogens is 323 g/mol. The Kier molecular flexibility index (Phi) is 3.81. The lowest BCUT2D eigenvalue weighted by atomic mass is 10.2. The van der Waals surface area contributed by atoms with Crippen LogP contribution in [0.5, 0.6) is 0 Å². The molecule has 0 N–H and O–H groups in total. The zero-order valence-corrected chi connectivity index (χ0v) is 12.6. The second-order valence-electron chi connectivity index (χ2n) is 3.81. The zero-order valence-electron chi connectivity index (χ0n) is 9.47. The van der Waals surface area contributed by atoms with Gasteiger partial charge in [0.05, 0.1) is 22.1 Å². The molecule has 5 heteroatoms. The van der Waals surface area contributed by atoms with Crippen LogP contribution in [0.2, 0.25) is 10.0 Å². The lowest BCUT2D eigenvalue weighted by molar-refractivity contribution is 0.833. The van der Waals surface area contributed by atoms with Crippen LogP contribution >= 0.6 is 39.1 Å². The molecule has 2 aromatic rings. The van der Waals surface area contributed by atoms with Gasteiger partial charge in [0.25, 0.3) is 0 Å². The van der Waals surface area contributed by atoms with Crippen LogP contribution in [0, 0.1) is 13.8 Å². The van der Waals surface area contributed by atoms with Gasteiger partial charge in [-0.25, -0.2) is 4.68 Å². The number of hydrogen-bond donors (Lipinski definition) is 0. The van der Waals surface area contributed by atoms with E-state index in [-0.39, 0.29) is 0 Å². The number of aryl methyl sites for hydroxylation is 1. The second-order valence-corrected chi connectivity index (χ2v) is 5.15. The van der Waals surface area contributed by atoms with Crippen LogP contribution in [0.3, 0.4) is 0 Å². The number of benzene rings is 1. The number of halogens is 3. The van der Waals surface area contributed by atoms with Crippen molar-refractivity contribution in [2.75, 3.05) is 0 Å². The van der Waals surface area contributed by atoms with Gasteiger partial charge in [-0.3, -0.25) is 0 Å². The Morgan fingerprint density at radius 2 is 2.00 bits per heavy atom. The maximum Gasteiger partial charge on any atom is 0.0848 e. The van der Waals surface area contributed by atoms with Crippen LogP contribution in [-0.2, 0) is 5.33 Å². The van der Waals surface area contributed by atoms with E-state index in [4.69, 9.17) is 23.2 Å². The summed E-state index contributed by atoms with van der Waals surface area (Å²) in [7, 11) is 0. The molecule has 2 nitrogen and oxygen atoms in total. The van der Waals surface area contributed by atoms with Crippen LogP contribution in [0.15, 0.2) is 18.2 Å². The summed E-state index contributed by atoms with van der Waals surface area (Å²) in [5.41, 5.74) is 3.73. The average Bonchev–Trinajstić information content (AvgIpc) is 2.57. The predicted molar refractivity (Wildman–Crippen MR) is 75.7 cm³/mol. The Morgan fingerprint density at radius 3 is 2.47 bits per heavy atom. The van der Waals surface area contributed by atoms with Crippen molar-refractivity contribution in [3.63, 3.8) is 0 Å². The first-order chi connectivity index (χ1) is 8.04. The molecule has 90 valence electrons. The monoisotopic (exact) mass is 332 g/mol. The van der Waals surface area contributed by atoms with Gasteiger partial charge in [-0.15, -0.1) is 0 Å². The van der Waals surface area contributed by atoms with Gasteiger partial charge in [0.15, 0.2) is 0 Å². The largest absolute Gasteiger partial charge is 0.236 e. The first-order valence-corrected chi connectivity index (χ1v) is 6.99. The minimum Gasteiger partial charge on any atom is -0.236 e. The maximum atomic E-state index is 6.17. The zero-order chi connectivity index (χ0) is 12.6. The summed E-state index contributed by atoms with van der Waals surface area (Å²) < 4.78 is 1.81. The lowest BCUT2D eigenvalue weighted by Gasteiger charge is -2.07. The fourth-order valence-corrected chi connectivity index (χ4v) is 2.66. The fraction of sp³-hybridized carbons (Fsp3) is 0.250. The normalized spacial score (nSPS) is 10.9. The smallest absolute Gasteiger partial charge is 0.0848 e. The van der Waals surface area contributed by atoms with Gasteiger partial charge in [0.1, 0.15) is 0 Å². The van der Waals surface area contributed by atoms with Crippen molar-refractivity contribution in [2.24, 2.45) is 0 Å². The summed E-state index contributed by atoms with van der Waals surface area (Å²) in [5.74, 6) is 0. The van der Waals surface area contributed by atoms with E-state index in [0.29, 0.717) is 5.02 Å². The third kappa shape index (κ3) is 2.37. The highest BCUT2D eigenvalue weighted by Gasteiger charge is 2.11. The summed E-state index contributed by atoms with van der Waals surface area (Å²) in [5, 5.41) is 6.56. The molecule has 17 heavy (non-hydrogen) atoms. The Hall–Kier alpha value is -0.510. The van der Waals surface area contributed by atoms with Crippen LogP contribution in [0.1, 0.15) is 17.0 Å². The molecule has 2 rings (SSSR count). The molecule has 1 aromatic heterocycles. The molecule has 0 bridgehead atoms. The van der Waals surface area contributed by atoms with Crippen molar-refractivity contribution in [1.29, 1.82) is 0 Å². The van der Waals surface area contributed by atoms with E-state index in [0.717, 1.165) is 33.0 Å². The third-order valence-electron chi connectivity index (χ3n) is 2.63. The quantitative estimate of drug-likeness (QED) is 0.729. The molecule has 0 spiro atoms. The van der Waals surface area contributed by atoms with E-state index >= 15 is 0 Å². The van der Waals surface area contributed by atoms with Gasteiger partial charge < -0.3 is 0 Å². The van der Waals surface area contributed by atoms with E-state index in [1.807, 2.05) is 36.7 Å². The Bertz CT molecular complexity index is 564. The molecule has 1 heterocycles. The highest BCUT2D eigenvalue weighted by molar-refractivity contribution is 9.08. The molecule has 0 fully saturated rings. The van der Waals surface area contributed by atoms with Crippen molar-refractivity contribution >= 4 is 39.1 Å². The highest BCUT2D eigenvalue weighted by Crippen LogP contribution is 2.26. The number of nitrogens with zero attached hydrogens (tertiary/aromatic N) is 2. The standard InChI is InChI=1S/C12H11BrCl2N2/c1-7-12(15)8(2)17(16-7)10-4-3-9(6-13)11(14)5-10/h3-5H,6H2,1-2H3. The predicted octanol–water partition coefficient (Wildman–Crippen LogP) is 4.69. The summed E-state index contributed by atoms with van der Waals surface area (Å²) in [6.45, 7) is 3.83. The second kappa shape index (κ2) is 5.01. The molecule has 0 aliphatic heterocycles. The summed E-state index contributed by atoms with van der Waals surface area (Å²) in [6.07, 6.45) is 0. The first kappa shape index (κ1) is 12.9. The molecule has 1 aromatic carbocycles. The number of hydrogen-bond acceptors (Lipinski definition) is 1. The Labute approximate surface area is 119 Å². The minimum atomic E-state index is 0.700. The molecule has 0 saturated heterocycles. The molecule has 0 aliphatic carbocycles. The van der Waals surface area contributed by atoms with Crippen molar-refractivity contribution < 1.29 is 0 Å². The first-order valence-electron chi connectivity index (χ1n) is 5.11. The van der Waals surface area contributed by atoms with Crippen LogP contribution in [0.4, 0.5) is 0 Å². The molecule has 0 aliphatic rings.